The summed E-state index contributed by atoms with van der Waals surface area (Å²) in [5, 5.41) is 5.93. The average Bonchev–Trinajstić information content (AvgIpc) is 3.09. The third-order valence-corrected chi connectivity index (χ3v) is 4.93. The van der Waals surface area contributed by atoms with Crippen LogP contribution in [0.4, 0.5) is 5.95 Å². The minimum absolute atomic E-state index is 0.370. The summed E-state index contributed by atoms with van der Waals surface area (Å²) in [5.74, 6) is 0.812. The van der Waals surface area contributed by atoms with Crippen LogP contribution in [0.25, 0.3) is 0 Å². The summed E-state index contributed by atoms with van der Waals surface area (Å²) >= 11 is 0. The highest BCUT2D eigenvalue weighted by molar-refractivity contribution is 7.74. The van der Waals surface area contributed by atoms with Gasteiger partial charge in [0.15, 0.2) is 0 Å². The van der Waals surface area contributed by atoms with E-state index >= 15 is 0 Å². The van der Waals surface area contributed by atoms with Crippen molar-refractivity contribution < 1.29 is 8.42 Å². The van der Waals surface area contributed by atoms with Crippen LogP contribution in [0.3, 0.4) is 0 Å². The van der Waals surface area contributed by atoms with Gasteiger partial charge in [0, 0.05) is 45.1 Å². The molecule has 0 aliphatic carbocycles. The van der Waals surface area contributed by atoms with Crippen LogP contribution in [0.15, 0.2) is 23.6 Å². The Labute approximate surface area is 143 Å². The monoisotopic (exact) mass is 350 g/mol. The summed E-state index contributed by atoms with van der Waals surface area (Å²) in [4.78, 5) is 13.6. The first-order valence-electron chi connectivity index (χ1n) is 8.21. The largest absolute Gasteiger partial charge is 0.338 e. The van der Waals surface area contributed by atoms with Gasteiger partial charge in [-0.25, -0.2) is 9.97 Å². The van der Waals surface area contributed by atoms with Gasteiger partial charge in [0.25, 0.3) is 0 Å². The van der Waals surface area contributed by atoms with E-state index < -0.39 is 10.3 Å². The van der Waals surface area contributed by atoms with Gasteiger partial charge in [-0.15, -0.1) is 0 Å². The molecule has 0 bridgehead atoms. The van der Waals surface area contributed by atoms with Gasteiger partial charge in [-0.05, 0) is 25.5 Å². The molecule has 0 spiro atoms. The molecule has 0 aromatic carbocycles. The SMILES string of the molecule is O=S(=O)=C1C=NN(CCCCN2CCN(c3ncccn3)CC2)C1. The van der Waals surface area contributed by atoms with Crippen molar-refractivity contribution in [2.45, 2.75) is 12.8 Å². The van der Waals surface area contributed by atoms with Crippen LogP contribution < -0.4 is 4.90 Å². The molecule has 0 atom stereocenters. The van der Waals surface area contributed by atoms with Crippen molar-refractivity contribution in [3.8, 4) is 0 Å². The number of rotatable bonds is 6. The van der Waals surface area contributed by atoms with Crippen LogP contribution in [0.5, 0.6) is 0 Å². The Kier molecular flexibility index (Phi) is 5.76. The van der Waals surface area contributed by atoms with Crippen molar-refractivity contribution in [1.29, 1.82) is 0 Å². The highest BCUT2D eigenvalue weighted by atomic mass is 32.2. The van der Waals surface area contributed by atoms with Crippen molar-refractivity contribution in [3.05, 3.63) is 18.5 Å². The Balaban J connectivity index is 1.32. The zero-order valence-corrected chi connectivity index (χ0v) is 14.4. The molecule has 130 valence electrons. The van der Waals surface area contributed by atoms with Gasteiger partial charge in [0.2, 0.25) is 16.2 Å². The summed E-state index contributed by atoms with van der Waals surface area (Å²) in [7, 11) is -2.14. The topological polar surface area (TPSA) is 82.0 Å². The molecule has 2 aliphatic heterocycles. The third kappa shape index (κ3) is 4.51. The highest BCUT2D eigenvalue weighted by Crippen LogP contribution is 2.10. The summed E-state index contributed by atoms with van der Waals surface area (Å²) in [6.07, 6.45) is 7.09. The van der Waals surface area contributed by atoms with Crippen LogP contribution in [0.1, 0.15) is 12.8 Å². The third-order valence-electron chi connectivity index (χ3n) is 4.27. The first-order chi connectivity index (χ1) is 11.7. The molecule has 9 heteroatoms. The fourth-order valence-corrected chi connectivity index (χ4v) is 3.28. The lowest BCUT2D eigenvalue weighted by molar-refractivity contribution is 0.243. The van der Waals surface area contributed by atoms with Gasteiger partial charge in [0.1, 0.15) is 4.86 Å². The second-order valence-corrected chi connectivity index (χ2v) is 6.91. The first kappa shape index (κ1) is 16.8. The molecule has 8 nitrogen and oxygen atoms in total. The summed E-state index contributed by atoms with van der Waals surface area (Å²) in [6.45, 7) is 6.22. The Hall–Kier alpha value is -2.00. The lowest BCUT2D eigenvalue weighted by atomic mass is 10.2. The molecule has 24 heavy (non-hydrogen) atoms. The Morgan fingerprint density at radius 3 is 2.38 bits per heavy atom. The number of hydrogen-bond donors (Lipinski definition) is 0. The van der Waals surface area contributed by atoms with Crippen molar-refractivity contribution in [3.63, 3.8) is 0 Å². The van der Waals surface area contributed by atoms with Gasteiger partial charge in [-0.1, -0.05) is 0 Å². The predicted octanol–water partition coefficient (Wildman–Crippen LogP) is -0.268. The van der Waals surface area contributed by atoms with Gasteiger partial charge >= 0.3 is 0 Å². The lowest BCUT2D eigenvalue weighted by Crippen LogP contribution is -2.47. The smallest absolute Gasteiger partial charge is 0.225 e. The average molecular weight is 350 g/mol. The number of hydrogen-bond acceptors (Lipinski definition) is 8. The van der Waals surface area contributed by atoms with E-state index in [2.05, 4.69) is 24.9 Å². The predicted molar refractivity (Wildman–Crippen MR) is 93.9 cm³/mol. The molecule has 1 aromatic heterocycles. The second kappa shape index (κ2) is 8.20. The molecule has 1 aromatic rings. The van der Waals surface area contributed by atoms with E-state index in [-0.39, 0.29) is 0 Å². The van der Waals surface area contributed by atoms with E-state index in [1.807, 2.05) is 11.1 Å². The van der Waals surface area contributed by atoms with E-state index in [4.69, 9.17) is 0 Å². The second-order valence-electron chi connectivity index (χ2n) is 5.92. The zero-order valence-electron chi connectivity index (χ0n) is 13.6. The Morgan fingerprint density at radius 2 is 1.71 bits per heavy atom. The molecule has 0 amide bonds. The quantitative estimate of drug-likeness (QED) is 0.516. The van der Waals surface area contributed by atoms with Gasteiger partial charge in [-0.3, -0.25) is 9.91 Å². The van der Waals surface area contributed by atoms with Crippen LogP contribution in [0, 0.1) is 0 Å². The summed E-state index contributed by atoms with van der Waals surface area (Å²) in [6, 6.07) is 1.83. The maximum Gasteiger partial charge on any atom is 0.225 e. The number of hydrazone groups is 1. The Bertz CT molecular complexity index is 690. The minimum atomic E-state index is -2.14. The molecule has 2 aliphatic rings. The number of nitrogens with zero attached hydrogens (tertiary/aromatic N) is 6. The molecule has 0 N–H and O–H groups in total. The summed E-state index contributed by atoms with van der Waals surface area (Å²) in [5.41, 5.74) is 0. The van der Waals surface area contributed by atoms with E-state index in [1.54, 1.807) is 12.4 Å². The van der Waals surface area contributed by atoms with Crippen molar-refractivity contribution in [2.24, 2.45) is 5.10 Å². The molecule has 0 saturated carbocycles. The van der Waals surface area contributed by atoms with E-state index in [9.17, 15) is 8.42 Å². The normalized spacial score (nSPS) is 18.4. The van der Waals surface area contributed by atoms with Crippen molar-refractivity contribution >= 4 is 27.3 Å². The van der Waals surface area contributed by atoms with Gasteiger partial charge in [0.05, 0.1) is 12.8 Å². The van der Waals surface area contributed by atoms with Crippen molar-refractivity contribution in [2.75, 3.05) is 50.7 Å². The first-order valence-corrected chi connectivity index (χ1v) is 9.28. The number of piperazine rings is 1. The molecule has 3 heterocycles. The lowest BCUT2D eigenvalue weighted by Gasteiger charge is -2.34. The zero-order chi connectivity index (χ0) is 16.8. The standard InChI is InChI=1S/C15H22N6O2S/c22-24(23)14-12-18-21(13-14)7-2-1-6-19-8-10-20(11-9-19)15-16-4-3-5-17-15/h3-5,12H,1-2,6-11,13H2. The highest BCUT2D eigenvalue weighted by Gasteiger charge is 2.18. The van der Waals surface area contributed by atoms with E-state index in [0.29, 0.717) is 11.4 Å². The molecular formula is C15H22N6O2S. The van der Waals surface area contributed by atoms with Crippen LogP contribution in [0.2, 0.25) is 0 Å². The van der Waals surface area contributed by atoms with E-state index in [0.717, 1.165) is 58.1 Å². The molecule has 1 fully saturated rings. The van der Waals surface area contributed by atoms with Crippen LogP contribution in [-0.4, -0.2) is 85.2 Å². The van der Waals surface area contributed by atoms with Crippen LogP contribution in [-0.2, 0) is 10.3 Å². The Morgan fingerprint density at radius 1 is 1.00 bits per heavy atom. The minimum Gasteiger partial charge on any atom is -0.338 e. The molecule has 0 radical (unpaired) electrons. The van der Waals surface area contributed by atoms with Gasteiger partial charge < -0.3 is 4.90 Å². The molecule has 0 unspecified atom stereocenters. The number of anilines is 1. The van der Waals surface area contributed by atoms with Gasteiger partial charge in [-0.2, -0.15) is 13.5 Å². The summed E-state index contributed by atoms with van der Waals surface area (Å²) < 4.78 is 21.7. The maximum atomic E-state index is 10.8. The van der Waals surface area contributed by atoms with Crippen LogP contribution >= 0.6 is 0 Å². The number of aromatic nitrogens is 2. The maximum absolute atomic E-state index is 10.8. The number of unbranched alkanes of at least 4 members (excludes halogenated alkanes) is 1. The molecular weight excluding hydrogens is 328 g/mol. The van der Waals surface area contributed by atoms with E-state index in [1.165, 1.54) is 6.21 Å². The van der Waals surface area contributed by atoms with Crippen molar-refractivity contribution in [1.82, 2.24) is 19.9 Å². The molecule has 1 saturated heterocycles. The fraction of sp³-hybridized carbons (Fsp3) is 0.600. The molecule has 3 rings (SSSR count). The fourth-order valence-electron chi connectivity index (χ4n) is 2.90.